The largest absolute Gasteiger partial charge is 0.497 e. The molecule has 28 heavy (non-hydrogen) atoms. The van der Waals surface area contributed by atoms with Gasteiger partial charge in [-0.15, -0.1) is 0 Å². The van der Waals surface area contributed by atoms with E-state index in [4.69, 9.17) is 4.74 Å². The van der Waals surface area contributed by atoms with Gasteiger partial charge in [-0.1, -0.05) is 6.07 Å². The van der Waals surface area contributed by atoms with Crippen LogP contribution in [0.15, 0.2) is 24.4 Å². The van der Waals surface area contributed by atoms with E-state index in [1.165, 1.54) is 20.1 Å². The second kappa shape index (κ2) is 8.86. The molecule has 3 rings (SSSR count). The number of aromatic nitrogens is 2. The summed E-state index contributed by atoms with van der Waals surface area (Å²) >= 11 is 0. The van der Waals surface area contributed by atoms with Gasteiger partial charge in [0.15, 0.2) is 0 Å². The van der Waals surface area contributed by atoms with Crippen molar-refractivity contribution >= 4 is 11.8 Å². The monoisotopic (exact) mass is 388 g/mol. The van der Waals surface area contributed by atoms with Gasteiger partial charge in [-0.3, -0.25) is 14.3 Å². The minimum Gasteiger partial charge on any atom is -0.497 e. The van der Waals surface area contributed by atoms with Crippen molar-refractivity contribution in [3.8, 4) is 5.75 Å². The zero-order chi connectivity index (χ0) is 20.1. The Hall–Kier alpha value is -2.90. The first-order chi connectivity index (χ1) is 13.5. The van der Waals surface area contributed by atoms with E-state index in [2.05, 4.69) is 15.7 Å². The molecule has 2 N–H and O–H groups in total. The molecule has 1 aromatic heterocycles. The van der Waals surface area contributed by atoms with Crippen LogP contribution < -0.4 is 15.4 Å². The molecule has 1 aliphatic rings. The number of amides is 2. The van der Waals surface area contributed by atoms with E-state index >= 15 is 0 Å². The van der Waals surface area contributed by atoms with Gasteiger partial charge >= 0.3 is 0 Å². The van der Waals surface area contributed by atoms with E-state index in [0.29, 0.717) is 42.8 Å². The Balaban J connectivity index is 1.57. The smallest absolute Gasteiger partial charge is 0.254 e. The van der Waals surface area contributed by atoms with Gasteiger partial charge < -0.3 is 15.4 Å². The lowest BCUT2D eigenvalue weighted by atomic mass is 9.94. The number of rotatable bonds is 7. The molecule has 0 bridgehead atoms. The zero-order valence-electron chi connectivity index (χ0n) is 16.1. The van der Waals surface area contributed by atoms with Crippen LogP contribution in [0.3, 0.4) is 0 Å². The fraction of sp³-hybridized carbons (Fsp3) is 0.450. The standard InChI is InChI=1S/C20H25FN4O3/c1-13(26)23-11-14-6-8-25-19(9-14)17(12-24-25)20(27)22-7-5-15-3-4-16(28-2)10-18(15)21/h3-4,10,12,14H,5-9,11H2,1-2H3,(H,22,27)(H,23,26)/t14-/m0/s1. The third kappa shape index (κ3) is 4.68. The van der Waals surface area contributed by atoms with Crippen LogP contribution in [0.4, 0.5) is 4.39 Å². The summed E-state index contributed by atoms with van der Waals surface area (Å²) in [6.45, 7) is 3.14. The number of benzene rings is 1. The summed E-state index contributed by atoms with van der Waals surface area (Å²) in [5.74, 6) is 0.133. The summed E-state index contributed by atoms with van der Waals surface area (Å²) in [5, 5.41) is 9.99. The minimum atomic E-state index is -0.350. The second-order valence-electron chi connectivity index (χ2n) is 6.99. The van der Waals surface area contributed by atoms with Crippen LogP contribution in [0.2, 0.25) is 0 Å². The van der Waals surface area contributed by atoms with Gasteiger partial charge in [-0.05, 0) is 36.8 Å². The van der Waals surface area contributed by atoms with E-state index in [1.54, 1.807) is 18.3 Å². The van der Waals surface area contributed by atoms with Crippen LogP contribution in [0.25, 0.3) is 0 Å². The number of nitrogens with zero attached hydrogens (tertiary/aromatic N) is 2. The van der Waals surface area contributed by atoms with E-state index in [-0.39, 0.29) is 23.5 Å². The zero-order valence-corrected chi connectivity index (χ0v) is 16.1. The molecule has 0 aliphatic carbocycles. The summed E-state index contributed by atoms with van der Waals surface area (Å²) in [6, 6.07) is 4.69. The van der Waals surface area contributed by atoms with Gasteiger partial charge in [-0.2, -0.15) is 5.10 Å². The molecule has 150 valence electrons. The summed E-state index contributed by atoms with van der Waals surface area (Å²) in [7, 11) is 1.49. The highest BCUT2D eigenvalue weighted by molar-refractivity contribution is 5.95. The molecule has 1 aromatic carbocycles. The van der Waals surface area contributed by atoms with Gasteiger partial charge in [0.1, 0.15) is 11.6 Å². The second-order valence-corrected chi connectivity index (χ2v) is 6.99. The molecular formula is C20H25FN4O3. The first-order valence-electron chi connectivity index (χ1n) is 9.37. The van der Waals surface area contributed by atoms with Crippen molar-refractivity contribution in [2.45, 2.75) is 32.7 Å². The summed E-state index contributed by atoms with van der Waals surface area (Å²) in [6.07, 6.45) is 3.57. The molecular weight excluding hydrogens is 363 g/mol. The number of halogens is 1. The molecule has 0 saturated heterocycles. The predicted molar refractivity (Wildman–Crippen MR) is 102 cm³/mol. The van der Waals surface area contributed by atoms with E-state index in [1.807, 2.05) is 4.68 Å². The van der Waals surface area contributed by atoms with Crippen LogP contribution in [0.5, 0.6) is 5.75 Å². The van der Waals surface area contributed by atoms with Gasteiger partial charge in [0.05, 0.1) is 24.6 Å². The maximum absolute atomic E-state index is 14.0. The molecule has 0 spiro atoms. The lowest BCUT2D eigenvalue weighted by molar-refractivity contribution is -0.119. The van der Waals surface area contributed by atoms with Crippen molar-refractivity contribution in [1.29, 1.82) is 0 Å². The van der Waals surface area contributed by atoms with Crippen LogP contribution in [-0.2, 0) is 24.2 Å². The van der Waals surface area contributed by atoms with Crippen molar-refractivity contribution < 1.29 is 18.7 Å². The van der Waals surface area contributed by atoms with Crippen molar-refractivity contribution in [3.63, 3.8) is 0 Å². The summed E-state index contributed by atoms with van der Waals surface area (Å²) < 4.78 is 20.8. The lowest BCUT2D eigenvalue weighted by Gasteiger charge is -2.24. The number of hydrogen-bond acceptors (Lipinski definition) is 4. The third-order valence-electron chi connectivity index (χ3n) is 5.00. The maximum atomic E-state index is 14.0. The average Bonchev–Trinajstić information content (AvgIpc) is 3.10. The minimum absolute atomic E-state index is 0.0530. The molecule has 0 radical (unpaired) electrons. The Kier molecular flexibility index (Phi) is 6.28. The van der Waals surface area contributed by atoms with Gasteiger partial charge in [-0.25, -0.2) is 4.39 Å². The Bertz CT molecular complexity index is 865. The highest BCUT2D eigenvalue weighted by Crippen LogP contribution is 2.23. The molecule has 2 aromatic rings. The Morgan fingerprint density at radius 2 is 2.18 bits per heavy atom. The van der Waals surface area contributed by atoms with Crippen molar-refractivity contribution in [3.05, 3.63) is 47.0 Å². The molecule has 0 unspecified atom stereocenters. The van der Waals surface area contributed by atoms with Crippen molar-refractivity contribution in [2.24, 2.45) is 5.92 Å². The first kappa shape index (κ1) is 19.9. The normalized spacial score (nSPS) is 15.6. The molecule has 0 fully saturated rings. The van der Waals surface area contributed by atoms with E-state index in [0.717, 1.165) is 18.7 Å². The van der Waals surface area contributed by atoms with Gasteiger partial charge in [0.25, 0.3) is 5.91 Å². The number of fused-ring (bicyclic) bond motifs is 1. The van der Waals surface area contributed by atoms with Gasteiger partial charge in [0.2, 0.25) is 5.91 Å². The van der Waals surface area contributed by atoms with Crippen LogP contribution >= 0.6 is 0 Å². The first-order valence-corrected chi connectivity index (χ1v) is 9.37. The molecule has 0 saturated carbocycles. The van der Waals surface area contributed by atoms with Crippen LogP contribution in [0, 0.1) is 11.7 Å². The van der Waals surface area contributed by atoms with Crippen molar-refractivity contribution in [2.75, 3.05) is 20.2 Å². The molecule has 2 amide bonds. The molecule has 1 aliphatic heterocycles. The number of hydrogen-bond donors (Lipinski definition) is 2. The SMILES string of the molecule is COc1ccc(CCNC(=O)c2cnn3c2C[C@@H](CNC(C)=O)CC3)c(F)c1. The van der Waals surface area contributed by atoms with Crippen LogP contribution in [0.1, 0.15) is 35.0 Å². The average molecular weight is 388 g/mol. The Morgan fingerprint density at radius 1 is 1.36 bits per heavy atom. The molecule has 2 heterocycles. The fourth-order valence-electron chi connectivity index (χ4n) is 3.41. The molecule has 7 nitrogen and oxygen atoms in total. The summed E-state index contributed by atoms with van der Waals surface area (Å²) in [4.78, 5) is 23.7. The van der Waals surface area contributed by atoms with Gasteiger partial charge in [0, 0.05) is 32.6 Å². The number of nitrogens with one attached hydrogen (secondary N) is 2. The molecule has 8 heteroatoms. The Morgan fingerprint density at radius 3 is 2.89 bits per heavy atom. The highest BCUT2D eigenvalue weighted by Gasteiger charge is 2.25. The third-order valence-corrected chi connectivity index (χ3v) is 5.00. The fourth-order valence-corrected chi connectivity index (χ4v) is 3.41. The number of carbonyl (C=O) groups excluding carboxylic acids is 2. The number of carbonyl (C=O) groups is 2. The number of ether oxygens (including phenoxy) is 1. The number of methoxy groups -OCH3 is 1. The topological polar surface area (TPSA) is 85.2 Å². The number of aryl methyl sites for hydroxylation is 1. The highest BCUT2D eigenvalue weighted by atomic mass is 19.1. The Labute approximate surface area is 163 Å². The van der Waals surface area contributed by atoms with Crippen LogP contribution in [-0.4, -0.2) is 41.8 Å². The maximum Gasteiger partial charge on any atom is 0.254 e. The lowest BCUT2D eigenvalue weighted by Crippen LogP contribution is -2.33. The predicted octanol–water partition coefficient (Wildman–Crippen LogP) is 1.70. The van der Waals surface area contributed by atoms with E-state index in [9.17, 15) is 14.0 Å². The summed E-state index contributed by atoms with van der Waals surface area (Å²) in [5.41, 5.74) is 1.95. The van der Waals surface area contributed by atoms with E-state index < -0.39 is 0 Å². The quantitative estimate of drug-likeness (QED) is 0.756. The van der Waals surface area contributed by atoms with Crippen molar-refractivity contribution in [1.82, 2.24) is 20.4 Å². The molecule has 1 atom stereocenters.